The van der Waals surface area contributed by atoms with Crippen molar-refractivity contribution in [3.63, 3.8) is 0 Å². The Hall–Kier alpha value is -3.66. The van der Waals surface area contributed by atoms with Crippen molar-refractivity contribution < 1.29 is 4.79 Å². The van der Waals surface area contributed by atoms with Crippen molar-refractivity contribution in [3.05, 3.63) is 41.2 Å². The van der Waals surface area contributed by atoms with Crippen molar-refractivity contribution in [2.45, 2.75) is 26.3 Å². The molecule has 3 aromatic heterocycles. The van der Waals surface area contributed by atoms with E-state index < -0.39 is 0 Å². The van der Waals surface area contributed by atoms with Gasteiger partial charge in [0.1, 0.15) is 11.3 Å². The lowest BCUT2D eigenvalue weighted by Crippen LogP contribution is -2.30. The van der Waals surface area contributed by atoms with Gasteiger partial charge in [-0.3, -0.25) is 4.79 Å². The summed E-state index contributed by atoms with van der Waals surface area (Å²) in [5.41, 5.74) is 8.88. The molecule has 1 aliphatic heterocycles. The Labute approximate surface area is 201 Å². The second kappa shape index (κ2) is 8.94. The summed E-state index contributed by atoms with van der Waals surface area (Å²) in [4.78, 5) is 34.5. The quantitative estimate of drug-likeness (QED) is 0.330. The molecule has 4 aromatic rings. The molecule has 5 N–H and O–H groups in total. The van der Waals surface area contributed by atoms with Gasteiger partial charge in [0.2, 0.25) is 11.9 Å². The molecule has 0 aliphatic carbocycles. The summed E-state index contributed by atoms with van der Waals surface area (Å²) in [6.45, 7) is 5.90. The molecule has 0 unspecified atom stereocenters. The third-order valence-corrected chi connectivity index (χ3v) is 6.46. The van der Waals surface area contributed by atoms with Gasteiger partial charge in [0.15, 0.2) is 11.5 Å². The van der Waals surface area contributed by atoms with E-state index in [2.05, 4.69) is 48.5 Å². The Morgan fingerprint density at radius 2 is 2.21 bits per heavy atom. The number of aromatic nitrogens is 5. The molecule has 0 bridgehead atoms. The lowest BCUT2D eigenvalue weighted by Gasteiger charge is -2.25. The molecular weight excluding hydrogens is 454 g/mol. The normalized spacial score (nSPS) is 16.8. The molecule has 11 heteroatoms. The minimum atomic E-state index is -0.152. The number of H-pyrrole nitrogens is 1. The van der Waals surface area contributed by atoms with Gasteiger partial charge < -0.3 is 26.3 Å². The van der Waals surface area contributed by atoms with Crippen LogP contribution in [-0.2, 0) is 4.79 Å². The predicted octanol–water partition coefficient (Wildman–Crippen LogP) is 3.27. The fourth-order valence-corrected chi connectivity index (χ4v) is 4.68. The summed E-state index contributed by atoms with van der Waals surface area (Å²) in [5, 5.41) is 7.97. The zero-order valence-corrected chi connectivity index (χ0v) is 19.7. The van der Waals surface area contributed by atoms with E-state index in [0.717, 1.165) is 41.8 Å². The van der Waals surface area contributed by atoms with E-state index in [1.54, 1.807) is 13.3 Å². The van der Waals surface area contributed by atoms with Gasteiger partial charge in [0.25, 0.3) is 0 Å². The highest BCUT2D eigenvalue weighted by Crippen LogP contribution is 2.35. The number of nitrogens with two attached hydrogens (primary N) is 1. The smallest absolute Gasteiger partial charge is 0.224 e. The molecule has 1 amide bonds. The maximum absolute atomic E-state index is 11.4. The number of imidazole rings is 1. The predicted molar refractivity (Wildman–Crippen MR) is 134 cm³/mol. The van der Waals surface area contributed by atoms with Crippen LogP contribution >= 0.6 is 11.6 Å². The van der Waals surface area contributed by atoms with Crippen LogP contribution < -0.4 is 21.3 Å². The molecule has 5 rings (SSSR count). The number of para-hydroxylation sites is 1. The zero-order chi connectivity index (χ0) is 23.8. The van der Waals surface area contributed by atoms with Crippen LogP contribution in [0.3, 0.4) is 0 Å². The van der Waals surface area contributed by atoms with Gasteiger partial charge in [-0.25, -0.2) is 9.97 Å². The number of fused-ring (bicyclic) bond motifs is 2. The maximum Gasteiger partial charge on any atom is 0.224 e. The van der Waals surface area contributed by atoms with E-state index >= 15 is 0 Å². The number of nitrogens with one attached hydrogen (secondary N) is 3. The fraction of sp³-hybridized carbons (Fsp3) is 0.348. The molecule has 4 heterocycles. The number of hydrogen-bond donors (Lipinski definition) is 4. The van der Waals surface area contributed by atoms with Crippen molar-refractivity contribution >= 4 is 57.2 Å². The number of halogens is 1. The van der Waals surface area contributed by atoms with Crippen LogP contribution in [-0.4, -0.2) is 50.5 Å². The molecule has 2 atom stereocenters. The SMILES string of the molecule is CC(=O)NC[C@H]1CCN(c2nc3c(Cl)cccc3cc2[C@H](C)Nc2nc(N)nc3nc[nH]c23)C1. The standard InChI is InChI=1S/C23H26ClN9O/c1-12(29-21-19-20(28-11-27-19)31-23(25)32-21)16-8-15-4-3-5-17(24)18(15)30-22(16)33-7-6-14(10-33)9-26-13(2)34/h3-5,8,11-12,14H,6-7,9-10H2,1-2H3,(H,26,34)(H4,25,27,28,29,31,32)/t12-,14+/m0/s1. The Morgan fingerprint density at radius 3 is 3.03 bits per heavy atom. The largest absolute Gasteiger partial charge is 0.368 e. The van der Waals surface area contributed by atoms with Gasteiger partial charge in [-0.1, -0.05) is 23.7 Å². The van der Waals surface area contributed by atoms with Crippen molar-refractivity contribution in [2.75, 3.05) is 35.6 Å². The number of pyridine rings is 1. The number of nitrogen functional groups attached to an aromatic ring is 1. The lowest BCUT2D eigenvalue weighted by molar-refractivity contribution is -0.119. The number of hydrogen-bond acceptors (Lipinski definition) is 8. The number of amides is 1. The molecule has 0 saturated carbocycles. The van der Waals surface area contributed by atoms with Gasteiger partial charge >= 0.3 is 0 Å². The van der Waals surface area contributed by atoms with Gasteiger partial charge in [-0.15, -0.1) is 0 Å². The third kappa shape index (κ3) is 4.28. The highest BCUT2D eigenvalue weighted by atomic mass is 35.5. The first-order valence-electron chi connectivity index (χ1n) is 11.2. The number of nitrogens with zero attached hydrogens (tertiary/aromatic N) is 5. The maximum atomic E-state index is 11.4. The van der Waals surface area contributed by atoms with E-state index in [9.17, 15) is 4.79 Å². The zero-order valence-electron chi connectivity index (χ0n) is 19.0. The minimum absolute atomic E-state index is 0.0122. The first-order valence-corrected chi connectivity index (χ1v) is 11.6. The number of rotatable bonds is 6. The van der Waals surface area contributed by atoms with E-state index in [1.807, 2.05) is 18.2 Å². The van der Waals surface area contributed by atoms with Crippen LogP contribution in [0.5, 0.6) is 0 Å². The molecule has 1 aromatic carbocycles. The van der Waals surface area contributed by atoms with Crippen LogP contribution in [0.25, 0.3) is 22.1 Å². The van der Waals surface area contributed by atoms with Gasteiger partial charge in [0, 0.05) is 37.5 Å². The highest BCUT2D eigenvalue weighted by Gasteiger charge is 2.28. The van der Waals surface area contributed by atoms with E-state index in [0.29, 0.717) is 34.5 Å². The van der Waals surface area contributed by atoms with Crippen LogP contribution in [0.4, 0.5) is 17.6 Å². The van der Waals surface area contributed by atoms with Crippen molar-refractivity contribution in [2.24, 2.45) is 5.92 Å². The van der Waals surface area contributed by atoms with Gasteiger partial charge in [-0.05, 0) is 31.4 Å². The number of benzene rings is 1. The number of anilines is 3. The molecule has 0 radical (unpaired) electrons. The summed E-state index contributed by atoms with van der Waals surface area (Å²) < 4.78 is 0. The van der Waals surface area contributed by atoms with Gasteiger partial charge in [0.05, 0.1) is 22.9 Å². The molecule has 0 spiro atoms. The lowest BCUT2D eigenvalue weighted by atomic mass is 10.1. The summed E-state index contributed by atoms with van der Waals surface area (Å²) in [6, 6.07) is 7.75. The molecule has 1 saturated heterocycles. The summed E-state index contributed by atoms with van der Waals surface area (Å²) in [7, 11) is 0. The average molecular weight is 480 g/mol. The van der Waals surface area contributed by atoms with Crippen LogP contribution in [0.2, 0.25) is 5.02 Å². The van der Waals surface area contributed by atoms with Gasteiger partial charge in [-0.2, -0.15) is 9.97 Å². The first-order chi connectivity index (χ1) is 16.4. The van der Waals surface area contributed by atoms with Crippen LogP contribution in [0.15, 0.2) is 30.6 Å². The third-order valence-electron chi connectivity index (χ3n) is 6.15. The van der Waals surface area contributed by atoms with Crippen molar-refractivity contribution in [1.82, 2.24) is 30.2 Å². The molecule has 1 aliphatic rings. The Bertz CT molecular complexity index is 1370. The van der Waals surface area contributed by atoms with Crippen LogP contribution in [0.1, 0.15) is 31.9 Å². The summed E-state index contributed by atoms with van der Waals surface area (Å²) in [5.74, 6) is 1.94. The Kier molecular flexibility index (Phi) is 5.82. The number of carbonyl (C=O) groups excluding carboxylic acids is 1. The van der Waals surface area contributed by atoms with Crippen molar-refractivity contribution in [1.29, 1.82) is 0 Å². The topological polar surface area (TPSA) is 138 Å². The second-order valence-corrected chi connectivity index (χ2v) is 9.06. The number of carbonyl (C=O) groups is 1. The Morgan fingerprint density at radius 1 is 1.35 bits per heavy atom. The minimum Gasteiger partial charge on any atom is -0.368 e. The molecule has 176 valence electrons. The average Bonchev–Trinajstić information content (AvgIpc) is 3.47. The number of aromatic amines is 1. The molecule has 34 heavy (non-hydrogen) atoms. The van der Waals surface area contributed by atoms with E-state index in [-0.39, 0.29) is 17.9 Å². The monoisotopic (exact) mass is 479 g/mol. The van der Waals surface area contributed by atoms with E-state index in [1.165, 1.54) is 0 Å². The first kappa shape index (κ1) is 22.1. The molecular formula is C23H26ClN9O. The summed E-state index contributed by atoms with van der Waals surface area (Å²) in [6.07, 6.45) is 2.54. The van der Waals surface area contributed by atoms with E-state index in [4.69, 9.17) is 22.3 Å². The molecule has 1 fully saturated rings. The summed E-state index contributed by atoms with van der Waals surface area (Å²) >= 11 is 6.49. The second-order valence-electron chi connectivity index (χ2n) is 8.65. The molecule has 10 nitrogen and oxygen atoms in total. The van der Waals surface area contributed by atoms with Crippen molar-refractivity contribution in [3.8, 4) is 0 Å². The fourth-order valence-electron chi connectivity index (χ4n) is 4.46. The van der Waals surface area contributed by atoms with Crippen LogP contribution in [0, 0.1) is 5.92 Å². The Balaban J connectivity index is 1.51. The highest BCUT2D eigenvalue weighted by molar-refractivity contribution is 6.35.